The third kappa shape index (κ3) is 2.74. The summed E-state index contributed by atoms with van der Waals surface area (Å²) in [5.74, 6) is -3.98. The minimum atomic E-state index is -1.04. The van der Waals surface area contributed by atoms with Gasteiger partial charge in [-0.05, 0) is 19.9 Å². The van der Waals surface area contributed by atoms with E-state index in [1.165, 1.54) is 7.05 Å². The molecule has 3 atom stereocenters. The lowest BCUT2D eigenvalue weighted by Crippen LogP contribution is -2.49. The number of rotatable bonds is 2. The van der Waals surface area contributed by atoms with Gasteiger partial charge in [0.2, 0.25) is 0 Å². The van der Waals surface area contributed by atoms with Gasteiger partial charge in [-0.3, -0.25) is 9.59 Å². The van der Waals surface area contributed by atoms with Gasteiger partial charge in [-0.1, -0.05) is 11.6 Å². The van der Waals surface area contributed by atoms with Crippen LogP contribution < -0.4 is 10.2 Å². The second-order valence-corrected chi connectivity index (χ2v) is 6.53. The molecule has 1 aromatic carbocycles. The number of halogens is 3. The molecular weight excluding hydrogens is 346 g/mol. The standard InChI is InChI=1S/C15H15ClF2N2O4/c1-15(2)23-11-10(19-13(21)12(11)24-15)14(22)20(3)9-4-6(16)7(17)5-8(9)18/h4-5,10-12H,1-3H3,(H,19,21). The molecule has 2 heterocycles. The average molecular weight is 361 g/mol. The van der Waals surface area contributed by atoms with Crippen LogP contribution in [0, 0.1) is 11.6 Å². The van der Waals surface area contributed by atoms with Crippen LogP contribution in [0.1, 0.15) is 13.8 Å². The zero-order valence-electron chi connectivity index (χ0n) is 13.1. The third-order valence-corrected chi connectivity index (χ3v) is 4.25. The lowest BCUT2D eigenvalue weighted by atomic mass is 10.1. The SMILES string of the molecule is CN(C(=O)C1NC(=O)C2OC(C)(C)OC12)c1cc(Cl)c(F)cc1F. The number of hydrogen-bond acceptors (Lipinski definition) is 4. The highest BCUT2D eigenvalue weighted by Crippen LogP contribution is 2.35. The van der Waals surface area contributed by atoms with Crippen LogP contribution in [0.5, 0.6) is 0 Å². The molecule has 24 heavy (non-hydrogen) atoms. The summed E-state index contributed by atoms with van der Waals surface area (Å²) in [5, 5.41) is 2.16. The van der Waals surface area contributed by atoms with E-state index in [-0.39, 0.29) is 10.7 Å². The summed E-state index contributed by atoms with van der Waals surface area (Å²) in [6, 6.07) is 0.557. The predicted octanol–water partition coefficient (Wildman–Crippen LogP) is 1.60. The maximum Gasteiger partial charge on any atom is 0.252 e. The smallest absolute Gasteiger partial charge is 0.252 e. The van der Waals surface area contributed by atoms with E-state index >= 15 is 0 Å². The number of anilines is 1. The van der Waals surface area contributed by atoms with Gasteiger partial charge in [0.15, 0.2) is 11.9 Å². The van der Waals surface area contributed by atoms with E-state index < -0.39 is 47.5 Å². The molecule has 3 unspecified atom stereocenters. The van der Waals surface area contributed by atoms with Crippen LogP contribution >= 0.6 is 11.6 Å². The van der Waals surface area contributed by atoms with E-state index in [9.17, 15) is 18.4 Å². The van der Waals surface area contributed by atoms with E-state index in [1.807, 2.05) is 0 Å². The maximum absolute atomic E-state index is 14.0. The summed E-state index contributed by atoms with van der Waals surface area (Å²) >= 11 is 5.65. The first kappa shape index (κ1) is 17.1. The normalized spacial score (nSPS) is 27.8. The molecule has 1 N–H and O–H groups in total. The highest BCUT2D eigenvalue weighted by Gasteiger charge is 2.56. The van der Waals surface area contributed by atoms with E-state index in [1.54, 1.807) is 13.8 Å². The molecule has 2 amide bonds. The summed E-state index contributed by atoms with van der Waals surface area (Å²) in [5.41, 5.74) is -0.206. The first-order valence-electron chi connectivity index (χ1n) is 7.19. The number of amides is 2. The fraction of sp³-hybridized carbons (Fsp3) is 0.467. The van der Waals surface area contributed by atoms with Gasteiger partial charge in [0.05, 0.1) is 10.7 Å². The van der Waals surface area contributed by atoms with Gasteiger partial charge >= 0.3 is 0 Å². The minimum Gasteiger partial charge on any atom is -0.341 e. The highest BCUT2D eigenvalue weighted by atomic mass is 35.5. The van der Waals surface area contributed by atoms with Crippen molar-refractivity contribution in [3.8, 4) is 0 Å². The van der Waals surface area contributed by atoms with Crippen LogP contribution in [-0.4, -0.2) is 42.9 Å². The number of ether oxygens (including phenoxy) is 2. The van der Waals surface area contributed by atoms with Crippen molar-refractivity contribution in [1.82, 2.24) is 5.32 Å². The second kappa shape index (κ2) is 5.65. The Morgan fingerprint density at radius 1 is 1.29 bits per heavy atom. The van der Waals surface area contributed by atoms with Crippen molar-refractivity contribution >= 4 is 29.1 Å². The molecule has 9 heteroatoms. The Morgan fingerprint density at radius 3 is 2.62 bits per heavy atom. The van der Waals surface area contributed by atoms with Crippen LogP contribution in [0.4, 0.5) is 14.5 Å². The largest absolute Gasteiger partial charge is 0.341 e. The zero-order valence-corrected chi connectivity index (χ0v) is 13.9. The summed E-state index contributed by atoms with van der Waals surface area (Å²) in [7, 11) is 1.30. The number of hydrogen-bond donors (Lipinski definition) is 1. The van der Waals surface area contributed by atoms with Crippen molar-refractivity contribution in [2.75, 3.05) is 11.9 Å². The van der Waals surface area contributed by atoms with Crippen molar-refractivity contribution in [3.05, 3.63) is 28.8 Å². The minimum absolute atomic E-state index is 0.206. The molecule has 0 radical (unpaired) electrons. The molecule has 0 spiro atoms. The molecule has 0 saturated carbocycles. The average Bonchev–Trinajstić information content (AvgIpc) is 2.96. The molecule has 0 bridgehead atoms. The predicted molar refractivity (Wildman–Crippen MR) is 80.5 cm³/mol. The number of likely N-dealkylation sites (N-methyl/N-ethyl adjacent to an activating group) is 1. The Hall–Kier alpha value is -1.77. The second-order valence-electron chi connectivity index (χ2n) is 6.12. The van der Waals surface area contributed by atoms with Crippen LogP contribution in [0.25, 0.3) is 0 Å². The lowest BCUT2D eigenvalue weighted by molar-refractivity contribution is -0.164. The fourth-order valence-electron chi connectivity index (χ4n) is 2.85. The molecule has 2 aliphatic heterocycles. The summed E-state index contributed by atoms with van der Waals surface area (Å²) < 4.78 is 38.3. The van der Waals surface area contributed by atoms with E-state index in [4.69, 9.17) is 21.1 Å². The van der Waals surface area contributed by atoms with E-state index in [0.29, 0.717) is 6.07 Å². The van der Waals surface area contributed by atoms with Crippen LogP contribution in [0.2, 0.25) is 5.02 Å². The first-order valence-corrected chi connectivity index (χ1v) is 7.56. The van der Waals surface area contributed by atoms with E-state index in [2.05, 4.69) is 5.32 Å². The van der Waals surface area contributed by atoms with Crippen LogP contribution in [-0.2, 0) is 19.1 Å². The van der Waals surface area contributed by atoms with Crippen molar-refractivity contribution in [3.63, 3.8) is 0 Å². The summed E-state index contributed by atoms with van der Waals surface area (Å²) in [6.45, 7) is 3.26. The van der Waals surface area contributed by atoms with Crippen molar-refractivity contribution in [2.24, 2.45) is 0 Å². The molecule has 2 fully saturated rings. The molecular formula is C15H15ClF2N2O4. The Bertz CT molecular complexity index is 728. The van der Waals surface area contributed by atoms with Gasteiger partial charge < -0.3 is 19.7 Å². The van der Waals surface area contributed by atoms with Crippen molar-refractivity contribution < 1.29 is 27.8 Å². The Balaban J connectivity index is 1.87. The number of carbonyl (C=O) groups is 2. The molecule has 0 aliphatic carbocycles. The molecule has 0 aromatic heterocycles. The first-order chi connectivity index (χ1) is 11.1. The monoisotopic (exact) mass is 360 g/mol. The van der Waals surface area contributed by atoms with Gasteiger partial charge in [0, 0.05) is 13.1 Å². The van der Waals surface area contributed by atoms with Crippen LogP contribution in [0.3, 0.4) is 0 Å². The molecule has 2 aliphatic rings. The molecule has 1 aromatic rings. The number of nitrogens with zero attached hydrogens (tertiary/aromatic N) is 1. The fourth-order valence-corrected chi connectivity index (χ4v) is 3.01. The number of fused-ring (bicyclic) bond motifs is 1. The molecule has 3 rings (SSSR count). The highest BCUT2D eigenvalue weighted by molar-refractivity contribution is 6.31. The summed E-state index contributed by atoms with van der Waals surface area (Å²) in [4.78, 5) is 25.6. The number of benzene rings is 1. The van der Waals surface area contributed by atoms with Gasteiger partial charge in [-0.25, -0.2) is 8.78 Å². The number of nitrogens with one attached hydrogen (secondary N) is 1. The van der Waals surface area contributed by atoms with Gasteiger partial charge in [-0.15, -0.1) is 0 Å². The lowest BCUT2D eigenvalue weighted by Gasteiger charge is -2.25. The quantitative estimate of drug-likeness (QED) is 0.813. The Morgan fingerprint density at radius 2 is 1.96 bits per heavy atom. The van der Waals surface area contributed by atoms with Crippen LogP contribution in [0.15, 0.2) is 12.1 Å². The molecule has 2 saturated heterocycles. The van der Waals surface area contributed by atoms with E-state index in [0.717, 1.165) is 11.0 Å². The Kier molecular flexibility index (Phi) is 4.01. The maximum atomic E-state index is 14.0. The van der Waals surface area contributed by atoms with Gasteiger partial charge in [-0.2, -0.15) is 0 Å². The third-order valence-electron chi connectivity index (χ3n) is 3.96. The summed E-state index contributed by atoms with van der Waals surface area (Å²) in [6.07, 6.45) is -1.74. The topological polar surface area (TPSA) is 67.9 Å². The zero-order chi connectivity index (χ0) is 17.8. The van der Waals surface area contributed by atoms with Gasteiger partial charge in [0.1, 0.15) is 23.8 Å². The number of carbonyl (C=O) groups excluding carboxylic acids is 2. The molecule has 130 valence electrons. The van der Waals surface area contributed by atoms with Gasteiger partial charge in [0.25, 0.3) is 11.8 Å². The Labute approximate surface area is 141 Å². The molecule has 6 nitrogen and oxygen atoms in total. The van der Waals surface area contributed by atoms with Crippen molar-refractivity contribution in [1.29, 1.82) is 0 Å². The van der Waals surface area contributed by atoms with Crippen molar-refractivity contribution in [2.45, 2.75) is 37.9 Å².